The van der Waals surface area contributed by atoms with Gasteiger partial charge in [0.05, 0.1) is 5.69 Å². The highest BCUT2D eigenvalue weighted by Crippen LogP contribution is 2.20. The fraction of sp³-hybridized carbons (Fsp3) is 0.222. The molecule has 0 unspecified atom stereocenters. The van der Waals surface area contributed by atoms with Crippen LogP contribution in [0.15, 0.2) is 47.3 Å². The first-order valence-corrected chi connectivity index (χ1v) is 8.18. The van der Waals surface area contributed by atoms with Crippen LogP contribution in [0.1, 0.15) is 10.5 Å². The average molecular weight is 338 g/mol. The Morgan fingerprint density at radius 3 is 2.48 bits per heavy atom. The smallest absolute Gasteiger partial charge is 0.270 e. The van der Waals surface area contributed by atoms with Gasteiger partial charge < -0.3 is 20.3 Å². The van der Waals surface area contributed by atoms with E-state index in [4.69, 9.17) is 0 Å². The van der Waals surface area contributed by atoms with Gasteiger partial charge in [0.2, 0.25) is 0 Å². The molecular formula is C18H18N4O3. The second-order valence-corrected chi connectivity index (χ2v) is 6.05. The highest BCUT2D eigenvalue weighted by Gasteiger charge is 2.20. The fourth-order valence-electron chi connectivity index (χ4n) is 3.13. The van der Waals surface area contributed by atoms with E-state index in [0.29, 0.717) is 30.1 Å². The van der Waals surface area contributed by atoms with Crippen molar-refractivity contribution >= 4 is 16.9 Å². The van der Waals surface area contributed by atoms with Crippen molar-refractivity contribution in [2.24, 2.45) is 0 Å². The molecule has 25 heavy (non-hydrogen) atoms. The summed E-state index contributed by atoms with van der Waals surface area (Å²) in [6.07, 6.45) is 0. The number of phenolic OH excluding ortho intramolecular Hbond substituents is 1. The number of aromatic amines is 1. The van der Waals surface area contributed by atoms with Crippen molar-refractivity contribution in [3.05, 3.63) is 58.5 Å². The zero-order valence-corrected chi connectivity index (χ0v) is 13.5. The van der Waals surface area contributed by atoms with Crippen molar-refractivity contribution in [1.82, 2.24) is 19.8 Å². The third-order valence-corrected chi connectivity index (χ3v) is 4.42. The van der Waals surface area contributed by atoms with Gasteiger partial charge in [-0.2, -0.15) is 0 Å². The predicted octanol–water partition coefficient (Wildman–Crippen LogP) is 1.07. The Hall–Kier alpha value is -3.06. The van der Waals surface area contributed by atoms with Crippen LogP contribution in [-0.4, -0.2) is 51.6 Å². The number of nitrogens with one attached hydrogen (secondary N) is 2. The minimum absolute atomic E-state index is 0.0672. The third-order valence-electron chi connectivity index (χ3n) is 4.42. The van der Waals surface area contributed by atoms with E-state index in [-0.39, 0.29) is 17.2 Å². The van der Waals surface area contributed by atoms with Crippen molar-refractivity contribution in [2.45, 2.75) is 0 Å². The second-order valence-electron chi connectivity index (χ2n) is 6.05. The maximum Gasteiger partial charge on any atom is 0.270 e. The molecule has 0 radical (unpaired) electrons. The van der Waals surface area contributed by atoms with E-state index in [1.807, 2.05) is 0 Å². The molecule has 0 spiro atoms. The molecule has 1 amide bonds. The van der Waals surface area contributed by atoms with Crippen molar-refractivity contribution in [1.29, 1.82) is 0 Å². The molecule has 2 aromatic heterocycles. The fourth-order valence-corrected chi connectivity index (χ4v) is 3.13. The topological polar surface area (TPSA) is 90.4 Å². The quantitative estimate of drug-likeness (QED) is 0.652. The zero-order valence-electron chi connectivity index (χ0n) is 13.5. The van der Waals surface area contributed by atoms with Crippen molar-refractivity contribution in [3.8, 4) is 11.4 Å². The third kappa shape index (κ3) is 2.78. The molecule has 1 saturated heterocycles. The van der Waals surface area contributed by atoms with E-state index in [2.05, 4.69) is 10.3 Å². The minimum atomic E-state index is -0.207. The van der Waals surface area contributed by atoms with Crippen LogP contribution in [0.4, 0.5) is 0 Å². The summed E-state index contributed by atoms with van der Waals surface area (Å²) in [4.78, 5) is 30.0. The van der Waals surface area contributed by atoms with Gasteiger partial charge in [-0.1, -0.05) is 0 Å². The lowest BCUT2D eigenvalue weighted by molar-refractivity contribution is 0.0731. The van der Waals surface area contributed by atoms with Crippen LogP contribution in [0, 0.1) is 0 Å². The minimum Gasteiger partial charge on any atom is -0.508 e. The van der Waals surface area contributed by atoms with Crippen LogP contribution in [0.3, 0.4) is 0 Å². The number of hydrogen-bond donors (Lipinski definition) is 3. The number of aromatic nitrogens is 2. The standard InChI is InChI=1S/C18H18N4O3/c23-14-4-2-13(3-5-14)22-16(24)6-1-12-11-15(20-17(12)22)18(25)21-9-7-19-8-10-21/h1-6,11,19-20,23H,7-10H2. The number of hydrogen-bond acceptors (Lipinski definition) is 4. The molecule has 0 saturated carbocycles. The largest absolute Gasteiger partial charge is 0.508 e. The molecule has 1 aliphatic heterocycles. The summed E-state index contributed by atoms with van der Waals surface area (Å²) in [5.74, 6) is 0.0624. The molecule has 7 nitrogen and oxygen atoms in total. The molecule has 1 fully saturated rings. The van der Waals surface area contributed by atoms with E-state index < -0.39 is 0 Å². The molecule has 0 aliphatic carbocycles. The SMILES string of the molecule is O=C(c1cc2ccc(=O)n(-c3ccc(O)cc3)c2[nH]1)N1CCNCC1. The van der Waals surface area contributed by atoms with E-state index in [9.17, 15) is 14.7 Å². The summed E-state index contributed by atoms with van der Waals surface area (Å²) in [6.45, 7) is 2.90. The molecule has 3 heterocycles. The number of carbonyl (C=O) groups is 1. The summed E-state index contributed by atoms with van der Waals surface area (Å²) in [5, 5.41) is 13.5. The summed E-state index contributed by atoms with van der Waals surface area (Å²) >= 11 is 0. The molecule has 0 bridgehead atoms. The highest BCUT2D eigenvalue weighted by molar-refractivity contribution is 5.97. The number of amides is 1. The number of benzene rings is 1. The van der Waals surface area contributed by atoms with Crippen molar-refractivity contribution in [3.63, 3.8) is 0 Å². The van der Waals surface area contributed by atoms with Crippen LogP contribution in [0.5, 0.6) is 5.75 Å². The van der Waals surface area contributed by atoms with Gasteiger partial charge in [0.15, 0.2) is 0 Å². The summed E-state index contributed by atoms with van der Waals surface area (Å²) in [6, 6.07) is 11.3. The summed E-state index contributed by atoms with van der Waals surface area (Å²) < 4.78 is 1.50. The Labute approximate surface area is 143 Å². The van der Waals surface area contributed by atoms with Gasteiger partial charge in [-0.15, -0.1) is 0 Å². The zero-order chi connectivity index (χ0) is 17.4. The van der Waals surface area contributed by atoms with E-state index in [1.54, 1.807) is 29.2 Å². The van der Waals surface area contributed by atoms with Crippen LogP contribution in [0.2, 0.25) is 0 Å². The molecule has 3 aromatic rings. The van der Waals surface area contributed by atoms with Gasteiger partial charge in [-0.3, -0.25) is 14.2 Å². The van der Waals surface area contributed by atoms with Crippen LogP contribution >= 0.6 is 0 Å². The Balaban J connectivity index is 1.80. The second kappa shape index (κ2) is 6.10. The number of carbonyl (C=O) groups excluding carboxylic acids is 1. The first-order chi connectivity index (χ1) is 12.1. The number of H-pyrrole nitrogens is 1. The molecule has 128 valence electrons. The van der Waals surface area contributed by atoms with Crippen LogP contribution in [-0.2, 0) is 0 Å². The van der Waals surface area contributed by atoms with Gasteiger partial charge in [0, 0.05) is 37.6 Å². The normalized spacial score (nSPS) is 14.8. The Morgan fingerprint density at radius 2 is 1.76 bits per heavy atom. The van der Waals surface area contributed by atoms with E-state index in [1.165, 1.54) is 22.8 Å². The van der Waals surface area contributed by atoms with Crippen molar-refractivity contribution < 1.29 is 9.90 Å². The first kappa shape index (κ1) is 15.5. The monoisotopic (exact) mass is 338 g/mol. The molecule has 4 rings (SSSR count). The van der Waals surface area contributed by atoms with Gasteiger partial charge in [-0.05, 0) is 36.4 Å². The lowest BCUT2D eigenvalue weighted by atomic mass is 10.2. The summed E-state index contributed by atoms with van der Waals surface area (Å²) in [7, 11) is 0. The van der Waals surface area contributed by atoms with Gasteiger partial charge in [0.25, 0.3) is 11.5 Å². The van der Waals surface area contributed by atoms with Gasteiger partial charge in [0.1, 0.15) is 17.1 Å². The Bertz CT molecular complexity index is 982. The molecule has 1 aromatic carbocycles. The molecule has 0 atom stereocenters. The number of fused-ring (bicyclic) bond motifs is 1. The van der Waals surface area contributed by atoms with Gasteiger partial charge >= 0.3 is 0 Å². The average Bonchev–Trinajstić information content (AvgIpc) is 3.07. The molecule has 7 heteroatoms. The lowest BCUT2D eigenvalue weighted by Gasteiger charge is -2.26. The molecule has 1 aliphatic rings. The Kier molecular flexibility index (Phi) is 3.77. The van der Waals surface area contributed by atoms with Crippen LogP contribution < -0.4 is 10.9 Å². The lowest BCUT2D eigenvalue weighted by Crippen LogP contribution is -2.46. The van der Waals surface area contributed by atoms with E-state index in [0.717, 1.165) is 18.5 Å². The number of rotatable bonds is 2. The number of aromatic hydroxyl groups is 1. The maximum absolute atomic E-state index is 12.7. The summed E-state index contributed by atoms with van der Waals surface area (Å²) in [5.41, 5.74) is 1.45. The molecule has 3 N–H and O–H groups in total. The number of nitrogens with zero attached hydrogens (tertiary/aromatic N) is 2. The number of piperazine rings is 1. The number of pyridine rings is 1. The first-order valence-electron chi connectivity index (χ1n) is 8.18. The van der Waals surface area contributed by atoms with Crippen LogP contribution in [0.25, 0.3) is 16.7 Å². The van der Waals surface area contributed by atoms with Crippen molar-refractivity contribution in [2.75, 3.05) is 26.2 Å². The predicted molar refractivity (Wildman–Crippen MR) is 94.3 cm³/mol. The maximum atomic E-state index is 12.7. The van der Waals surface area contributed by atoms with Gasteiger partial charge in [-0.25, -0.2) is 0 Å². The Morgan fingerprint density at radius 1 is 1.04 bits per heavy atom. The van der Waals surface area contributed by atoms with E-state index >= 15 is 0 Å². The molecular weight excluding hydrogens is 320 g/mol. The number of phenols is 1. The highest BCUT2D eigenvalue weighted by atomic mass is 16.3.